The van der Waals surface area contributed by atoms with Crippen molar-refractivity contribution in [2.45, 2.75) is 58.7 Å². The number of aromatic nitrogens is 2. The van der Waals surface area contributed by atoms with Crippen LogP contribution in [0.25, 0.3) is 6.08 Å². The molecule has 2 unspecified atom stereocenters. The number of piperidine rings is 1. The van der Waals surface area contributed by atoms with Gasteiger partial charge in [-0.15, -0.1) is 0 Å². The Kier molecular flexibility index (Phi) is 8.26. The SMILES string of the molecule is Cc1nn(Cc2c(Cl)cccc2Cl)c(Cl)c1C=CC(=O)OCC(=O)N1C(C)CCCC1C. The van der Waals surface area contributed by atoms with Gasteiger partial charge in [0.15, 0.2) is 6.61 Å². The second-order valence-corrected chi connectivity index (χ2v) is 9.19. The maximum Gasteiger partial charge on any atom is 0.331 e. The van der Waals surface area contributed by atoms with E-state index in [4.69, 9.17) is 39.5 Å². The summed E-state index contributed by atoms with van der Waals surface area (Å²) in [6.45, 7) is 5.83. The van der Waals surface area contributed by atoms with Crippen molar-refractivity contribution in [2.24, 2.45) is 0 Å². The van der Waals surface area contributed by atoms with Crippen molar-refractivity contribution in [3.63, 3.8) is 0 Å². The molecule has 0 N–H and O–H groups in total. The minimum atomic E-state index is -0.618. The van der Waals surface area contributed by atoms with Gasteiger partial charge in [-0.1, -0.05) is 40.9 Å². The Balaban J connectivity index is 1.63. The molecule has 1 fully saturated rings. The van der Waals surface area contributed by atoms with E-state index in [9.17, 15) is 9.59 Å². The number of esters is 1. The minimum Gasteiger partial charge on any atom is -0.452 e. The van der Waals surface area contributed by atoms with Gasteiger partial charge in [0.05, 0.1) is 12.2 Å². The molecule has 2 aromatic rings. The standard InChI is InChI=1S/C23H26Cl3N3O3/c1-14-6-4-7-15(2)29(14)21(30)13-32-22(31)11-10-17-16(3)27-28(23(17)26)12-18-19(24)8-5-9-20(18)25/h5,8-11,14-15H,4,6-7,12-13H2,1-3H3. The molecule has 1 aromatic heterocycles. The van der Waals surface area contributed by atoms with E-state index in [1.165, 1.54) is 12.2 Å². The van der Waals surface area contributed by atoms with Crippen LogP contribution in [0, 0.1) is 6.92 Å². The average molecular weight is 499 g/mol. The van der Waals surface area contributed by atoms with Crippen LogP contribution >= 0.6 is 34.8 Å². The molecule has 3 rings (SSSR count). The molecule has 1 saturated heterocycles. The molecule has 0 aliphatic carbocycles. The molecule has 0 spiro atoms. The van der Waals surface area contributed by atoms with Crippen molar-refractivity contribution in [3.8, 4) is 0 Å². The fraction of sp³-hybridized carbons (Fsp3) is 0.435. The largest absolute Gasteiger partial charge is 0.452 e. The van der Waals surface area contributed by atoms with Gasteiger partial charge in [-0.25, -0.2) is 9.48 Å². The molecular weight excluding hydrogens is 473 g/mol. The molecule has 0 radical (unpaired) electrons. The quantitative estimate of drug-likeness (QED) is 0.387. The fourth-order valence-corrected chi connectivity index (χ4v) is 4.83. The lowest BCUT2D eigenvalue weighted by Crippen LogP contribution is -2.49. The summed E-state index contributed by atoms with van der Waals surface area (Å²) in [4.78, 5) is 26.5. The molecule has 2 heterocycles. The van der Waals surface area contributed by atoms with Crippen LogP contribution in [0.15, 0.2) is 24.3 Å². The van der Waals surface area contributed by atoms with E-state index in [0.29, 0.717) is 32.0 Å². The van der Waals surface area contributed by atoms with Crippen LogP contribution in [0.2, 0.25) is 15.2 Å². The topological polar surface area (TPSA) is 64.4 Å². The first-order valence-electron chi connectivity index (χ1n) is 10.5. The number of carbonyl (C=O) groups is 2. The number of hydrogen-bond acceptors (Lipinski definition) is 4. The minimum absolute atomic E-state index is 0.152. The zero-order chi connectivity index (χ0) is 23.4. The summed E-state index contributed by atoms with van der Waals surface area (Å²) < 4.78 is 6.73. The van der Waals surface area contributed by atoms with Crippen LogP contribution in [-0.4, -0.2) is 45.2 Å². The summed E-state index contributed by atoms with van der Waals surface area (Å²) in [6.07, 6.45) is 5.81. The first-order valence-corrected chi connectivity index (χ1v) is 11.6. The highest BCUT2D eigenvalue weighted by molar-refractivity contribution is 6.36. The molecular formula is C23H26Cl3N3O3. The number of ether oxygens (including phenoxy) is 1. The summed E-state index contributed by atoms with van der Waals surface area (Å²) >= 11 is 19.0. The summed E-state index contributed by atoms with van der Waals surface area (Å²) in [5.74, 6) is -0.793. The molecule has 1 amide bonds. The molecule has 9 heteroatoms. The Morgan fingerprint density at radius 1 is 1.16 bits per heavy atom. The van der Waals surface area contributed by atoms with E-state index < -0.39 is 5.97 Å². The van der Waals surface area contributed by atoms with Crippen molar-refractivity contribution >= 4 is 52.8 Å². The molecule has 2 atom stereocenters. The van der Waals surface area contributed by atoms with Gasteiger partial charge in [-0.2, -0.15) is 5.10 Å². The van der Waals surface area contributed by atoms with Crippen molar-refractivity contribution in [1.29, 1.82) is 0 Å². The van der Waals surface area contributed by atoms with Crippen LogP contribution in [-0.2, 0) is 20.9 Å². The number of amides is 1. The van der Waals surface area contributed by atoms with Crippen LogP contribution in [0.5, 0.6) is 0 Å². The fourth-order valence-electron chi connectivity index (χ4n) is 4.01. The zero-order valence-electron chi connectivity index (χ0n) is 18.3. The van der Waals surface area contributed by atoms with E-state index in [-0.39, 0.29) is 31.1 Å². The highest BCUT2D eigenvalue weighted by Crippen LogP contribution is 2.28. The van der Waals surface area contributed by atoms with Gasteiger partial charge in [-0.05, 0) is 58.2 Å². The van der Waals surface area contributed by atoms with E-state index in [0.717, 1.165) is 19.3 Å². The predicted octanol–water partition coefficient (Wildman–Crippen LogP) is 5.55. The van der Waals surface area contributed by atoms with Crippen LogP contribution in [0.3, 0.4) is 0 Å². The van der Waals surface area contributed by atoms with Gasteiger partial charge in [0.1, 0.15) is 5.15 Å². The van der Waals surface area contributed by atoms with Gasteiger partial charge in [0, 0.05) is 39.3 Å². The van der Waals surface area contributed by atoms with Crippen LogP contribution in [0.4, 0.5) is 0 Å². The third kappa shape index (κ3) is 5.66. The van der Waals surface area contributed by atoms with E-state index >= 15 is 0 Å². The van der Waals surface area contributed by atoms with Gasteiger partial charge in [-0.3, -0.25) is 4.79 Å². The molecule has 32 heavy (non-hydrogen) atoms. The van der Waals surface area contributed by atoms with Crippen molar-refractivity contribution in [1.82, 2.24) is 14.7 Å². The average Bonchev–Trinajstić information content (AvgIpc) is 3.00. The Morgan fingerprint density at radius 3 is 2.41 bits per heavy atom. The lowest BCUT2D eigenvalue weighted by Gasteiger charge is -2.38. The van der Waals surface area contributed by atoms with Gasteiger partial charge >= 0.3 is 5.97 Å². The van der Waals surface area contributed by atoms with Crippen molar-refractivity contribution in [2.75, 3.05) is 6.61 Å². The second kappa shape index (κ2) is 10.7. The second-order valence-electron chi connectivity index (χ2n) is 8.02. The summed E-state index contributed by atoms with van der Waals surface area (Å²) in [5.41, 5.74) is 1.92. The molecule has 172 valence electrons. The van der Waals surface area contributed by atoms with Gasteiger partial charge in [0.2, 0.25) is 0 Å². The highest BCUT2D eigenvalue weighted by atomic mass is 35.5. The Morgan fingerprint density at radius 2 is 1.78 bits per heavy atom. The first kappa shape index (κ1) is 24.6. The Labute approximate surface area is 203 Å². The number of rotatable bonds is 6. The van der Waals surface area contributed by atoms with E-state index in [2.05, 4.69) is 5.10 Å². The number of benzene rings is 1. The summed E-state index contributed by atoms with van der Waals surface area (Å²) in [6, 6.07) is 5.56. The van der Waals surface area contributed by atoms with E-state index in [1.54, 1.807) is 29.8 Å². The Hall–Kier alpha value is -2.02. The maximum atomic E-state index is 12.5. The number of halogens is 3. The smallest absolute Gasteiger partial charge is 0.331 e. The van der Waals surface area contributed by atoms with Crippen LogP contribution in [0.1, 0.15) is 49.9 Å². The van der Waals surface area contributed by atoms with Gasteiger partial charge < -0.3 is 9.64 Å². The number of carbonyl (C=O) groups excluding carboxylic acids is 2. The third-order valence-electron chi connectivity index (χ3n) is 5.68. The Bertz CT molecular complexity index is 1000. The van der Waals surface area contributed by atoms with Crippen LogP contribution < -0.4 is 0 Å². The molecule has 1 aliphatic heterocycles. The zero-order valence-corrected chi connectivity index (χ0v) is 20.5. The van der Waals surface area contributed by atoms with Gasteiger partial charge in [0.25, 0.3) is 5.91 Å². The first-order chi connectivity index (χ1) is 15.2. The maximum absolute atomic E-state index is 12.5. The van der Waals surface area contributed by atoms with Crippen molar-refractivity contribution in [3.05, 3.63) is 56.3 Å². The molecule has 0 bridgehead atoms. The number of hydrogen-bond donors (Lipinski definition) is 0. The molecule has 1 aromatic carbocycles. The predicted molar refractivity (Wildman–Crippen MR) is 127 cm³/mol. The summed E-state index contributed by atoms with van der Waals surface area (Å²) in [5, 5.41) is 5.80. The normalized spacial score (nSPS) is 18.9. The van der Waals surface area contributed by atoms with E-state index in [1.807, 2.05) is 18.7 Å². The summed E-state index contributed by atoms with van der Waals surface area (Å²) in [7, 11) is 0. The molecule has 0 saturated carbocycles. The highest BCUT2D eigenvalue weighted by Gasteiger charge is 2.29. The lowest BCUT2D eigenvalue weighted by atomic mass is 9.97. The third-order valence-corrected chi connectivity index (χ3v) is 6.79. The molecule has 1 aliphatic rings. The lowest BCUT2D eigenvalue weighted by molar-refractivity contribution is -0.151. The van der Waals surface area contributed by atoms with Crippen molar-refractivity contribution < 1.29 is 14.3 Å². The number of likely N-dealkylation sites (tertiary alicyclic amines) is 1. The number of nitrogens with zero attached hydrogens (tertiary/aromatic N) is 3. The molecule has 6 nitrogen and oxygen atoms in total. The number of aryl methyl sites for hydroxylation is 1. The monoisotopic (exact) mass is 497 g/mol.